The number of carbonyl (C=O) groups is 1. The van der Waals surface area contributed by atoms with Crippen molar-refractivity contribution in [3.63, 3.8) is 0 Å². The van der Waals surface area contributed by atoms with Gasteiger partial charge in [-0.05, 0) is 38.5 Å². The monoisotopic (exact) mass is 342 g/mol. The van der Waals surface area contributed by atoms with E-state index in [1.165, 1.54) is 4.70 Å². The number of aryl methyl sites for hydroxylation is 4. The van der Waals surface area contributed by atoms with E-state index < -0.39 is 0 Å². The third-order valence-corrected chi connectivity index (χ3v) is 4.97. The smallest absolute Gasteiger partial charge is 0.220 e. The molecule has 2 aromatic heterocycles. The zero-order valence-corrected chi connectivity index (χ0v) is 14.9. The van der Waals surface area contributed by atoms with E-state index in [0.717, 1.165) is 34.9 Å². The van der Waals surface area contributed by atoms with Gasteiger partial charge in [-0.2, -0.15) is 5.10 Å². The Kier molecular flexibility index (Phi) is 5.25. The van der Waals surface area contributed by atoms with Gasteiger partial charge in [-0.1, -0.05) is 12.1 Å². The van der Waals surface area contributed by atoms with Crippen molar-refractivity contribution in [1.29, 1.82) is 0 Å². The number of hydrogen-bond donors (Lipinski definition) is 1. The van der Waals surface area contributed by atoms with Crippen molar-refractivity contribution in [3.8, 4) is 0 Å². The van der Waals surface area contributed by atoms with Crippen molar-refractivity contribution in [2.24, 2.45) is 0 Å². The molecule has 24 heavy (non-hydrogen) atoms. The molecule has 0 radical (unpaired) electrons. The second-order valence-electron chi connectivity index (χ2n) is 5.93. The Balaban J connectivity index is 1.39. The zero-order valence-electron chi connectivity index (χ0n) is 14.1. The average molecular weight is 342 g/mol. The van der Waals surface area contributed by atoms with Crippen LogP contribution in [0.1, 0.15) is 29.2 Å². The maximum atomic E-state index is 12.0. The fourth-order valence-corrected chi connectivity index (χ4v) is 3.66. The Labute approximate surface area is 145 Å². The van der Waals surface area contributed by atoms with E-state index in [1.54, 1.807) is 11.3 Å². The SMILES string of the molecule is Cc1cc(C)n(CCCNC(=O)CCc2nc3ccccc3s2)n1. The van der Waals surface area contributed by atoms with E-state index in [9.17, 15) is 4.79 Å². The molecule has 1 amide bonds. The van der Waals surface area contributed by atoms with E-state index in [-0.39, 0.29) is 5.91 Å². The molecular formula is C18H22N4OS. The van der Waals surface area contributed by atoms with Crippen molar-refractivity contribution < 1.29 is 4.79 Å². The Bertz CT molecular complexity index is 804. The van der Waals surface area contributed by atoms with Gasteiger partial charge in [-0.25, -0.2) is 4.98 Å². The van der Waals surface area contributed by atoms with Crippen LogP contribution in [-0.4, -0.2) is 27.2 Å². The maximum absolute atomic E-state index is 12.0. The van der Waals surface area contributed by atoms with Crippen LogP contribution in [0.3, 0.4) is 0 Å². The molecule has 0 fully saturated rings. The van der Waals surface area contributed by atoms with Crippen LogP contribution in [0, 0.1) is 13.8 Å². The highest BCUT2D eigenvalue weighted by Gasteiger charge is 2.07. The molecule has 5 nitrogen and oxygen atoms in total. The highest BCUT2D eigenvalue weighted by Crippen LogP contribution is 2.22. The molecule has 3 rings (SSSR count). The molecule has 0 saturated heterocycles. The first-order chi connectivity index (χ1) is 11.6. The van der Waals surface area contributed by atoms with Gasteiger partial charge in [0, 0.05) is 31.6 Å². The van der Waals surface area contributed by atoms with E-state index in [4.69, 9.17) is 0 Å². The molecule has 2 heterocycles. The molecule has 0 aliphatic carbocycles. The summed E-state index contributed by atoms with van der Waals surface area (Å²) < 4.78 is 3.17. The van der Waals surface area contributed by atoms with Crippen molar-refractivity contribution in [2.75, 3.05) is 6.54 Å². The van der Waals surface area contributed by atoms with E-state index in [0.29, 0.717) is 19.4 Å². The predicted molar refractivity (Wildman–Crippen MR) is 97.3 cm³/mol. The van der Waals surface area contributed by atoms with Gasteiger partial charge in [-0.15, -0.1) is 11.3 Å². The summed E-state index contributed by atoms with van der Waals surface area (Å²) in [5.41, 5.74) is 3.21. The lowest BCUT2D eigenvalue weighted by Crippen LogP contribution is -2.25. The number of aromatic nitrogens is 3. The summed E-state index contributed by atoms with van der Waals surface area (Å²) in [6, 6.07) is 10.1. The quantitative estimate of drug-likeness (QED) is 0.671. The minimum Gasteiger partial charge on any atom is -0.356 e. The molecule has 0 saturated carbocycles. The van der Waals surface area contributed by atoms with E-state index >= 15 is 0 Å². The number of thiazole rings is 1. The highest BCUT2D eigenvalue weighted by atomic mass is 32.1. The van der Waals surface area contributed by atoms with Gasteiger partial charge in [0.15, 0.2) is 0 Å². The first-order valence-corrected chi connectivity index (χ1v) is 9.05. The predicted octanol–water partition coefficient (Wildman–Crippen LogP) is 3.25. The van der Waals surface area contributed by atoms with Crippen LogP contribution in [0.5, 0.6) is 0 Å². The van der Waals surface area contributed by atoms with E-state index in [2.05, 4.69) is 34.5 Å². The van der Waals surface area contributed by atoms with Crippen LogP contribution >= 0.6 is 11.3 Å². The van der Waals surface area contributed by atoms with Crippen LogP contribution in [0.25, 0.3) is 10.2 Å². The number of hydrogen-bond acceptors (Lipinski definition) is 4. The lowest BCUT2D eigenvalue weighted by atomic mass is 10.3. The number of rotatable bonds is 7. The molecule has 0 aliphatic heterocycles. The van der Waals surface area contributed by atoms with Crippen LogP contribution in [0.4, 0.5) is 0 Å². The first kappa shape index (κ1) is 16.6. The molecule has 3 aromatic rings. The summed E-state index contributed by atoms with van der Waals surface area (Å²) in [5.74, 6) is 0.0858. The standard InChI is InChI=1S/C18H22N4OS/c1-13-12-14(2)22(21-13)11-5-10-19-17(23)8-9-18-20-15-6-3-4-7-16(15)24-18/h3-4,6-7,12H,5,8-11H2,1-2H3,(H,19,23). The summed E-state index contributed by atoms with van der Waals surface area (Å²) in [6.45, 7) is 5.55. The second-order valence-corrected chi connectivity index (χ2v) is 7.04. The minimum atomic E-state index is 0.0858. The number of para-hydroxylation sites is 1. The Morgan fingerprint density at radius 2 is 2.12 bits per heavy atom. The summed E-state index contributed by atoms with van der Waals surface area (Å²) >= 11 is 1.67. The fraction of sp³-hybridized carbons (Fsp3) is 0.389. The molecule has 1 aromatic carbocycles. The Morgan fingerprint density at radius 3 is 2.88 bits per heavy atom. The third kappa shape index (κ3) is 4.20. The summed E-state index contributed by atoms with van der Waals surface area (Å²) in [6.07, 6.45) is 2.07. The molecular weight excluding hydrogens is 320 g/mol. The Hall–Kier alpha value is -2.21. The number of benzene rings is 1. The molecule has 126 valence electrons. The van der Waals surface area contributed by atoms with Gasteiger partial charge in [-0.3, -0.25) is 9.48 Å². The second kappa shape index (κ2) is 7.57. The maximum Gasteiger partial charge on any atom is 0.220 e. The van der Waals surface area contributed by atoms with Crippen molar-refractivity contribution in [3.05, 3.63) is 46.7 Å². The lowest BCUT2D eigenvalue weighted by Gasteiger charge is -2.06. The number of carbonyl (C=O) groups excluding carboxylic acids is 1. The zero-order chi connectivity index (χ0) is 16.9. The average Bonchev–Trinajstić information content (AvgIpc) is 3.12. The molecule has 0 spiro atoms. The van der Waals surface area contributed by atoms with Gasteiger partial charge in [0.05, 0.1) is 20.9 Å². The number of amides is 1. The number of fused-ring (bicyclic) bond motifs is 1. The molecule has 1 N–H and O–H groups in total. The first-order valence-electron chi connectivity index (χ1n) is 8.24. The summed E-state index contributed by atoms with van der Waals surface area (Å²) in [4.78, 5) is 16.5. The van der Waals surface area contributed by atoms with Gasteiger partial charge in [0.1, 0.15) is 0 Å². The van der Waals surface area contributed by atoms with Gasteiger partial charge >= 0.3 is 0 Å². The van der Waals surface area contributed by atoms with Crippen LogP contribution in [0.2, 0.25) is 0 Å². The van der Waals surface area contributed by atoms with Crippen molar-refractivity contribution in [2.45, 2.75) is 39.7 Å². The molecule has 0 atom stereocenters. The van der Waals surface area contributed by atoms with E-state index in [1.807, 2.05) is 29.8 Å². The van der Waals surface area contributed by atoms with Gasteiger partial charge in [0.25, 0.3) is 0 Å². The lowest BCUT2D eigenvalue weighted by molar-refractivity contribution is -0.121. The van der Waals surface area contributed by atoms with Crippen molar-refractivity contribution >= 4 is 27.5 Å². The normalized spacial score (nSPS) is 11.1. The number of nitrogens with one attached hydrogen (secondary N) is 1. The molecule has 6 heteroatoms. The largest absolute Gasteiger partial charge is 0.356 e. The van der Waals surface area contributed by atoms with Gasteiger partial charge < -0.3 is 5.32 Å². The van der Waals surface area contributed by atoms with Crippen LogP contribution in [-0.2, 0) is 17.8 Å². The van der Waals surface area contributed by atoms with Crippen LogP contribution < -0.4 is 5.32 Å². The molecule has 0 bridgehead atoms. The third-order valence-electron chi connectivity index (χ3n) is 3.88. The van der Waals surface area contributed by atoms with Crippen molar-refractivity contribution in [1.82, 2.24) is 20.1 Å². The summed E-state index contributed by atoms with van der Waals surface area (Å²) in [7, 11) is 0. The van der Waals surface area contributed by atoms with Gasteiger partial charge in [0.2, 0.25) is 5.91 Å². The fourth-order valence-electron chi connectivity index (χ4n) is 2.69. The number of nitrogens with zero attached hydrogens (tertiary/aromatic N) is 3. The van der Waals surface area contributed by atoms with Crippen LogP contribution in [0.15, 0.2) is 30.3 Å². The summed E-state index contributed by atoms with van der Waals surface area (Å²) in [5, 5.41) is 8.42. The topological polar surface area (TPSA) is 59.8 Å². The molecule has 0 unspecified atom stereocenters. The Morgan fingerprint density at radius 1 is 1.29 bits per heavy atom. The minimum absolute atomic E-state index is 0.0858. The highest BCUT2D eigenvalue weighted by molar-refractivity contribution is 7.18. The molecule has 0 aliphatic rings.